The van der Waals surface area contributed by atoms with Gasteiger partial charge in [-0.3, -0.25) is 9.78 Å². The van der Waals surface area contributed by atoms with Crippen LogP contribution in [-0.2, 0) is 0 Å². The number of nitrogens with one attached hydrogen (secondary N) is 1. The van der Waals surface area contributed by atoms with Crippen LogP contribution in [0, 0.1) is 12.7 Å². The molecule has 2 atom stereocenters. The van der Waals surface area contributed by atoms with Gasteiger partial charge in [-0.1, -0.05) is 29.8 Å². The third-order valence-corrected chi connectivity index (χ3v) is 4.80. The summed E-state index contributed by atoms with van der Waals surface area (Å²) in [6.45, 7) is 3.47. The average Bonchev–Trinajstić information content (AvgIpc) is 2.72. The lowest BCUT2D eigenvalue weighted by Gasteiger charge is -2.19. The molecular formula is C23H20F4N2O2. The number of aromatic nitrogens is 1. The van der Waals surface area contributed by atoms with Crippen molar-refractivity contribution in [3.63, 3.8) is 0 Å². The zero-order chi connectivity index (χ0) is 22.8. The van der Waals surface area contributed by atoms with Crippen molar-refractivity contribution in [2.75, 3.05) is 0 Å². The molecule has 1 heterocycles. The number of carbonyl (C=O) groups is 1. The van der Waals surface area contributed by atoms with Crippen LogP contribution < -0.4 is 5.32 Å². The van der Waals surface area contributed by atoms with Gasteiger partial charge in [0.25, 0.3) is 5.91 Å². The third-order valence-electron chi connectivity index (χ3n) is 4.80. The molecule has 0 saturated carbocycles. The van der Waals surface area contributed by atoms with E-state index in [0.29, 0.717) is 16.7 Å². The van der Waals surface area contributed by atoms with Gasteiger partial charge in [-0.05, 0) is 60.4 Å². The number of hydrogen-bond acceptors (Lipinski definition) is 3. The SMILES string of the molecule is Cc1ccc(-c2cc(C(=O)N[C@H](C)c3cncc(F)c3)cc(C(O)C(F)(F)F)c2)cc1. The first-order chi connectivity index (χ1) is 14.5. The molecule has 0 aliphatic heterocycles. The number of aliphatic hydroxyl groups is 1. The molecule has 0 saturated heterocycles. The van der Waals surface area contributed by atoms with Gasteiger partial charge in [-0.25, -0.2) is 4.39 Å². The predicted molar refractivity (Wildman–Crippen MR) is 108 cm³/mol. The highest BCUT2D eigenvalue weighted by Crippen LogP contribution is 2.35. The summed E-state index contributed by atoms with van der Waals surface area (Å²) in [4.78, 5) is 16.5. The number of aryl methyl sites for hydroxylation is 1. The highest BCUT2D eigenvalue weighted by atomic mass is 19.4. The van der Waals surface area contributed by atoms with Crippen LogP contribution in [0.1, 0.15) is 46.1 Å². The van der Waals surface area contributed by atoms with Crippen LogP contribution in [-0.4, -0.2) is 22.2 Å². The van der Waals surface area contributed by atoms with Gasteiger partial charge in [0.05, 0.1) is 12.2 Å². The highest BCUT2D eigenvalue weighted by Gasteiger charge is 2.39. The summed E-state index contributed by atoms with van der Waals surface area (Å²) < 4.78 is 52.8. The van der Waals surface area contributed by atoms with E-state index in [2.05, 4.69) is 10.3 Å². The maximum Gasteiger partial charge on any atom is 0.418 e. The molecule has 4 nitrogen and oxygen atoms in total. The molecule has 0 spiro atoms. The summed E-state index contributed by atoms with van der Waals surface area (Å²) in [5.74, 6) is -1.24. The first-order valence-corrected chi connectivity index (χ1v) is 9.42. The molecule has 3 rings (SSSR count). The molecule has 31 heavy (non-hydrogen) atoms. The minimum Gasteiger partial charge on any atom is -0.379 e. The molecule has 3 aromatic rings. The summed E-state index contributed by atoms with van der Waals surface area (Å²) in [5.41, 5.74) is 1.80. The quantitative estimate of drug-likeness (QED) is 0.539. The van der Waals surface area contributed by atoms with Crippen LogP contribution in [0.4, 0.5) is 17.6 Å². The Morgan fingerprint density at radius 2 is 1.68 bits per heavy atom. The first-order valence-electron chi connectivity index (χ1n) is 9.42. The molecule has 2 aromatic carbocycles. The van der Waals surface area contributed by atoms with Gasteiger partial charge >= 0.3 is 6.18 Å². The van der Waals surface area contributed by atoms with Crippen molar-refractivity contribution in [3.8, 4) is 11.1 Å². The second-order valence-corrected chi connectivity index (χ2v) is 7.29. The fourth-order valence-corrected chi connectivity index (χ4v) is 3.07. The van der Waals surface area contributed by atoms with Crippen molar-refractivity contribution in [1.29, 1.82) is 0 Å². The van der Waals surface area contributed by atoms with Crippen molar-refractivity contribution in [2.45, 2.75) is 32.2 Å². The van der Waals surface area contributed by atoms with Crippen LogP contribution >= 0.6 is 0 Å². The number of hydrogen-bond donors (Lipinski definition) is 2. The lowest BCUT2D eigenvalue weighted by molar-refractivity contribution is -0.206. The van der Waals surface area contributed by atoms with E-state index < -0.39 is 35.6 Å². The van der Waals surface area contributed by atoms with E-state index in [1.807, 2.05) is 6.92 Å². The second kappa shape index (κ2) is 8.85. The van der Waals surface area contributed by atoms with Gasteiger partial charge in [0.15, 0.2) is 6.10 Å². The van der Waals surface area contributed by atoms with E-state index in [0.717, 1.165) is 17.8 Å². The number of benzene rings is 2. The summed E-state index contributed by atoms with van der Waals surface area (Å²) in [6.07, 6.45) is -5.22. The maximum atomic E-state index is 13.4. The van der Waals surface area contributed by atoms with Gasteiger partial charge in [0.1, 0.15) is 5.82 Å². The average molecular weight is 432 g/mol. The fraction of sp³-hybridized carbons (Fsp3) is 0.217. The maximum absolute atomic E-state index is 13.4. The number of aliphatic hydroxyl groups excluding tert-OH is 1. The standard InChI is InChI=1S/C23H20F4N2O2/c1-13-3-5-15(6-4-13)16-7-17(21(30)23(25,26)27)9-18(8-16)22(31)29-14(2)19-10-20(24)12-28-11-19/h3-12,14,21,30H,1-2H3,(H,29,31)/t14-,21?/m1/s1. The zero-order valence-electron chi connectivity index (χ0n) is 16.7. The smallest absolute Gasteiger partial charge is 0.379 e. The molecule has 0 fully saturated rings. The molecule has 8 heteroatoms. The Kier molecular flexibility index (Phi) is 6.40. The van der Waals surface area contributed by atoms with Gasteiger partial charge in [0.2, 0.25) is 0 Å². The molecular weight excluding hydrogens is 412 g/mol. The van der Waals surface area contributed by atoms with Crippen LogP contribution in [0.2, 0.25) is 0 Å². The van der Waals surface area contributed by atoms with E-state index >= 15 is 0 Å². The Labute approximate surface area is 176 Å². The normalized spacial score (nSPS) is 13.5. The third kappa shape index (κ3) is 5.46. The molecule has 0 aliphatic rings. The number of halogens is 4. The second-order valence-electron chi connectivity index (χ2n) is 7.29. The number of amides is 1. The number of carbonyl (C=O) groups excluding carboxylic acids is 1. The van der Waals surface area contributed by atoms with E-state index in [1.165, 1.54) is 24.4 Å². The molecule has 1 amide bonds. The lowest BCUT2D eigenvalue weighted by Crippen LogP contribution is -2.27. The van der Waals surface area contributed by atoms with E-state index in [9.17, 15) is 27.5 Å². The lowest BCUT2D eigenvalue weighted by atomic mass is 9.96. The minimum absolute atomic E-state index is 0.0624. The van der Waals surface area contributed by atoms with E-state index in [4.69, 9.17) is 0 Å². The van der Waals surface area contributed by atoms with Gasteiger partial charge in [-0.2, -0.15) is 13.2 Å². The van der Waals surface area contributed by atoms with Crippen LogP contribution in [0.3, 0.4) is 0 Å². The molecule has 1 unspecified atom stereocenters. The molecule has 1 aromatic heterocycles. The first kappa shape index (κ1) is 22.4. The van der Waals surface area contributed by atoms with Gasteiger partial charge in [-0.15, -0.1) is 0 Å². The van der Waals surface area contributed by atoms with Crippen molar-refractivity contribution >= 4 is 5.91 Å². The molecule has 0 radical (unpaired) electrons. The highest BCUT2D eigenvalue weighted by molar-refractivity contribution is 5.96. The monoisotopic (exact) mass is 432 g/mol. The largest absolute Gasteiger partial charge is 0.418 e. The molecule has 0 aliphatic carbocycles. The van der Waals surface area contributed by atoms with Crippen molar-refractivity contribution in [2.24, 2.45) is 0 Å². The number of nitrogens with zero attached hydrogens (tertiary/aromatic N) is 1. The summed E-state index contributed by atoms with van der Waals surface area (Å²) in [7, 11) is 0. The van der Waals surface area contributed by atoms with Crippen LogP contribution in [0.25, 0.3) is 11.1 Å². The van der Waals surface area contributed by atoms with E-state index in [1.54, 1.807) is 31.2 Å². The Bertz CT molecular complexity index is 1080. The molecule has 2 N–H and O–H groups in total. The van der Waals surface area contributed by atoms with Gasteiger partial charge < -0.3 is 10.4 Å². The molecule has 0 bridgehead atoms. The number of alkyl halides is 3. The van der Waals surface area contributed by atoms with Crippen LogP contribution in [0.15, 0.2) is 60.9 Å². The zero-order valence-corrected chi connectivity index (χ0v) is 16.7. The van der Waals surface area contributed by atoms with Crippen molar-refractivity contribution in [1.82, 2.24) is 10.3 Å². The van der Waals surface area contributed by atoms with E-state index in [-0.39, 0.29) is 5.56 Å². The van der Waals surface area contributed by atoms with Crippen molar-refractivity contribution < 1.29 is 27.5 Å². The Morgan fingerprint density at radius 1 is 1.00 bits per heavy atom. The fourth-order valence-electron chi connectivity index (χ4n) is 3.07. The summed E-state index contributed by atoms with van der Waals surface area (Å²) >= 11 is 0. The molecule has 162 valence electrons. The Balaban J connectivity index is 1.98. The number of pyridine rings is 1. The number of rotatable bonds is 5. The predicted octanol–water partition coefficient (Wildman–Crippen LogP) is 5.28. The topological polar surface area (TPSA) is 62.2 Å². The minimum atomic E-state index is -4.89. The van der Waals surface area contributed by atoms with Gasteiger partial charge in [0, 0.05) is 11.8 Å². The van der Waals surface area contributed by atoms with Crippen molar-refractivity contribution in [3.05, 3.63) is 89.0 Å². The Hall–Kier alpha value is -3.26. The summed E-state index contributed by atoms with van der Waals surface area (Å²) in [6, 6.07) is 11.2. The summed E-state index contributed by atoms with van der Waals surface area (Å²) in [5, 5.41) is 12.4. The Morgan fingerprint density at radius 3 is 2.29 bits per heavy atom. The van der Waals surface area contributed by atoms with Crippen LogP contribution in [0.5, 0.6) is 0 Å².